The van der Waals surface area contributed by atoms with Crippen LogP contribution in [-0.4, -0.2) is 76.7 Å². The zero-order valence-corrected chi connectivity index (χ0v) is 23.0. The number of hydrogen-bond donors (Lipinski definition) is 1. The van der Waals surface area contributed by atoms with Gasteiger partial charge in [0.2, 0.25) is 15.9 Å². The number of amides is 1. The molecular formula is C24H25F3N8O3S2. The van der Waals surface area contributed by atoms with Crippen LogP contribution in [0.3, 0.4) is 0 Å². The van der Waals surface area contributed by atoms with Gasteiger partial charge in [-0.3, -0.25) is 9.20 Å². The number of imidazole rings is 1. The lowest BCUT2D eigenvalue weighted by Gasteiger charge is -2.42. The number of carbonyl (C=O) groups excluding carboxylic acids is 1. The number of nitrogens with one attached hydrogen (secondary N) is 1. The number of carbonyl (C=O) groups is 1. The standard InChI is InChI=1S/C24H25F3N8O3S2/c1-23(2-3-23)22(36)34-7-6-33(11-14(34)9-25)16-8-15(40(37,38)32-24(13-28)4-5-24)12-35-17(16)10-29-19(35)21-31-30-20(39-21)18(26)27/h8,10,12,14,18,32H,2-7,9,11H2,1H3/t14-/m1/s1. The normalized spacial score (nSPS) is 21.6. The minimum atomic E-state index is -4.20. The van der Waals surface area contributed by atoms with Gasteiger partial charge in [0, 0.05) is 31.2 Å². The Morgan fingerprint density at radius 3 is 2.62 bits per heavy atom. The van der Waals surface area contributed by atoms with E-state index in [1.165, 1.54) is 22.9 Å². The van der Waals surface area contributed by atoms with Crippen molar-refractivity contribution in [1.29, 1.82) is 5.26 Å². The van der Waals surface area contributed by atoms with Gasteiger partial charge in [0.1, 0.15) is 17.1 Å². The predicted octanol–water partition coefficient (Wildman–Crippen LogP) is 2.91. The van der Waals surface area contributed by atoms with E-state index < -0.39 is 45.1 Å². The summed E-state index contributed by atoms with van der Waals surface area (Å²) in [6, 6.07) is 2.69. The molecule has 0 spiro atoms. The molecule has 1 N–H and O–H groups in total. The van der Waals surface area contributed by atoms with Crippen molar-refractivity contribution in [3.63, 3.8) is 0 Å². The molecule has 6 rings (SSSR count). The third-order valence-corrected chi connectivity index (χ3v) is 10.2. The molecule has 4 heterocycles. The number of anilines is 1. The van der Waals surface area contributed by atoms with Crippen LogP contribution >= 0.6 is 11.3 Å². The molecule has 2 saturated carbocycles. The van der Waals surface area contributed by atoms with Gasteiger partial charge in [-0.25, -0.2) is 26.6 Å². The Kier molecular flexibility index (Phi) is 6.31. The summed E-state index contributed by atoms with van der Waals surface area (Å²) in [6.45, 7) is 1.77. The van der Waals surface area contributed by atoms with Crippen molar-refractivity contribution in [3.8, 4) is 16.9 Å². The summed E-state index contributed by atoms with van der Waals surface area (Å²) in [4.78, 5) is 20.5. The van der Waals surface area contributed by atoms with Gasteiger partial charge in [0.15, 0.2) is 15.8 Å². The number of aromatic nitrogens is 4. The van der Waals surface area contributed by atoms with Crippen LogP contribution in [0.5, 0.6) is 0 Å². The van der Waals surface area contributed by atoms with E-state index in [0.717, 1.165) is 12.8 Å². The monoisotopic (exact) mass is 594 g/mol. The number of alkyl halides is 3. The zero-order chi connectivity index (χ0) is 28.4. The van der Waals surface area contributed by atoms with E-state index in [1.54, 1.807) is 9.80 Å². The van der Waals surface area contributed by atoms with E-state index in [-0.39, 0.29) is 34.7 Å². The summed E-state index contributed by atoms with van der Waals surface area (Å²) in [5.74, 6) is 0.0288. The first-order chi connectivity index (χ1) is 19.0. The summed E-state index contributed by atoms with van der Waals surface area (Å²) in [5, 5.41) is 16.3. The first-order valence-electron chi connectivity index (χ1n) is 12.7. The molecule has 2 aliphatic carbocycles. The van der Waals surface area contributed by atoms with Crippen molar-refractivity contribution in [2.75, 3.05) is 31.2 Å². The molecule has 16 heteroatoms. The minimum Gasteiger partial charge on any atom is -0.366 e. The fraction of sp³-hybridized carbons (Fsp3) is 0.542. The van der Waals surface area contributed by atoms with Gasteiger partial charge in [-0.2, -0.15) is 9.98 Å². The van der Waals surface area contributed by atoms with Gasteiger partial charge in [0.05, 0.1) is 29.5 Å². The van der Waals surface area contributed by atoms with Crippen LogP contribution in [-0.2, 0) is 14.8 Å². The Morgan fingerprint density at radius 2 is 2.02 bits per heavy atom. The highest BCUT2D eigenvalue weighted by Crippen LogP contribution is 2.47. The second kappa shape index (κ2) is 9.38. The smallest absolute Gasteiger partial charge is 0.291 e. The van der Waals surface area contributed by atoms with Crippen LogP contribution in [0, 0.1) is 16.7 Å². The summed E-state index contributed by atoms with van der Waals surface area (Å²) >= 11 is 0.637. The lowest BCUT2D eigenvalue weighted by atomic mass is 10.0. The topological polar surface area (TPSA) is 137 Å². The molecule has 40 heavy (non-hydrogen) atoms. The van der Waals surface area contributed by atoms with Gasteiger partial charge in [-0.05, 0) is 31.7 Å². The minimum absolute atomic E-state index is 0.0640. The maximum Gasteiger partial charge on any atom is 0.291 e. The van der Waals surface area contributed by atoms with E-state index in [0.29, 0.717) is 41.9 Å². The fourth-order valence-electron chi connectivity index (χ4n) is 4.93. The Balaban J connectivity index is 1.42. The van der Waals surface area contributed by atoms with Crippen molar-refractivity contribution >= 4 is 38.5 Å². The number of fused-ring (bicyclic) bond motifs is 1. The molecule has 0 radical (unpaired) electrons. The number of sulfonamides is 1. The quantitative estimate of drug-likeness (QED) is 0.421. The molecule has 0 bridgehead atoms. The van der Waals surface area contributed by atoms with E-state index in [2.05, 4.69) is 19.9 Å². The lowest BCUT2D eigenvalue weighted by Crippen LogP contribution is -2.57. The molecule has 3 aromatic rings. The zero-order valence-electron chi connectivity index (χ0n) is 21.3. The van der Waals surface area contributed by atoms with Crippen LogP contribution in [0.15, 0.2) is 23.4 Å². The van der Waals surface area contributed by atoms with Gasteiger partial charge >= 0.3 is 0 Å². The van der Waals surface area contributed by atoms with Crippen molar-refractivity contribution in [1.82, 2.24) is 29.2 Å². The Labute approximate surface area is 231 Å². The maximum atomic E-state index is 14.2. The van der Waals surface area contributed by atoms with E-state index in [9.17, 15) is 31.6 Å². The molecule has 1 atom stereocenters. The maximum absolute atomic E-state index is 14.2. The predicted molar refractivity (Wildman–Crippen MR) is 138 cm³/mol. The van der Waals surface area contributed by atoms with E-state index in [1.807, 2.05) is 13.0 Å². The van der Waals surface area contributed by atoms with Gasteiger partial charge in [-0.1, -0.05) is 18.3 Å². The molecule has 3 fully saturated rings. The molecule has 212 valence electrons. The van der Waals surface area contributed by atoms with Crippen LogP contribution < -0.4 is 9.62 Å². The summed E-state index contributed by atoms with van der Waals surface area (Å²) in [5.41, 5.74) is -0.788. The van der Waals surface area contributed by atoms with Gasteiger partial charge in [0.25, 0.3) is 6.43 Å². The summed E-state index contributed by atoms with van der Waals surface area (Å²) in [7, 11) is -4.20. The Bertz CT molecular complexity index is 1640. The van der Waals surface area contributed by atoms with Gasteiger partial charge < -0.3 is 9.80 Å². The van der Waals surface area contributed by atoms with Crippen molar-refractivity contribution in [3.05, 3.63) is 23.5 Å². The number of pyridine rings is 1. The average Bonchev–Trinajstić information content (AvgIpc) is 3.75. The average molecular weight is 595 g/mol. The summed E-state index contributed by atoms with van der Waals surface area (Å²) < 4.78 is 71.4. The Morgan fingerprint density at radius 1 is 1.27 bits per heavy atom. The third-order valence-electron chi connectivity index (χ3n) is 7.80. The molecule has 1 amide bonds. The Hall–Kier alpha value is -3.29. The number of nitriles is 1. The van der Waals surface area contributed by atoms with Crippen LogP contribution in [0.2, 0.25) is 0 Å². The SMILES string of the molecule is CC1(C(=O)N2CCN(c3cc(S(=O)(=O)NC4(C#N)CC4)cn4c(-c5nnc(C(F)F)s5)ncc34)C[C@H]2CF)CC1. The largest absolute Gasteiger partial charge is 0.366 e. The molecule has 0 aromatic carbocycles. The highest BCUT2D eigenvalue weighted by molar-refractivity contribution is 7.89. The van der Waals surface area contributed by atoms with Crippen molar-refractivity contribution in [2.45, 2.75) is 55.5 Å². The fourth-order valence-corrected chi connectivity index (χ4v) is 7.01. The van der Waals surface area contributed by atoms with Crippen molar-refractivity contribution < 1.29 is 26.4 Å². The second-order valence-corrected chi connectivity index (χ2v) is 13.4. The molecular weight excluding hydrogens is 569 g/mol. The van der Waals surface area contributed by atoms with Gasteiger partial charge in [-0.15, -0.1) is 10.2 Å². The molecule has 11 nitrogen and oxygen atoms in total. The number of rotatable bonds is 8. The number of piperazine rings is 1. The van der Waals surface area contributed by atoms with Crippen LogP contribution in [0.25, 0.3) is 16.3 Å². The van der Waals surface area contributed by atoms with Crippen molar-refractivity contribution in [2.24, 2.45) is 5.41 Å². The highest BCUT2D eigenvalue weighted by atomic mass is 32.2. The second-order valence-electron chi connectivity index (χ2n) is 10.8. The molecule has 3 aromatic heterocycles. The highest BCUT2D eigenvalue weighted by Gasteiger charge is 2.49. The number of nitrogens with zero attached hydrogens (tertiary/aromatic N) is 7. The van der Waals surface area contributed by atoms with E-state index >= 15 is 0 Å². The van der Waals surface area contributed by atoms with E-state index in [4.69, 9.17) is 0 Å². The number of hydrogen-bond acceptors (Lipinski definition) is 9. The summed E-state index contributed by atoms with van der Waals surface area (Å²) in [6.07, 6.45) is 2.21. The lowest BCUT2D eigenvalue weighted by molar-refractivity contribution is -0.139. The number of halogens is 3. The first-order valence-corrected chi connectivity index (χ1v) is 15.0. The van der Waals surface area contributed by atoms with Crippen LogP contribution in [0.1, 0.15) is 44.0 Å². The first kappa shape index (κ1) is 26.9. The third kappa shape index (κ3) is 4.59. The molecule has 3 aliphatic rings. The molecule has 1 saturated heterocycles. The molecule has 0 unspecified atom stereocenters. The molecule has 1 aliphatic heterocycles. The van der Waals surface area contributed by atoms with Crippen LogP contribution in [0.4, 0.5) is 18.9 Å².